The van der Waals surface area contributed by atoms with Gasteiger partial charge in [0.15, 0.2) is 0 Å². The SMILES string of the molecule is CC(=O)Nc1cc(NC=O)c(C=C(C)C)cn1. The molecule has 0 aromatic carbocycles. The first-order valence-corrected chi connectivity index (χ1v) is 5.15. The number of carbonyl (C=O) groups is 2. The molecule has 0 radical (unpaired) electrons. The lowest BCUT2D eigenvalue weighted by molar-refractivity contribution is -0.114. The number of aromatic nitrogens is 1. The highest BCUT2D eigenvalue weighted by atomic mass is 16.1. The molecular weight excluding hydrogens is 218 g/mol. The number of pyridine rings is 1. The van der Waals surface area contributed by atoms with E-state index in [-0.39, 0.29) is 5.91 Å². The van der Waals surface area contributed by atoms with Crippen LogP contribution in [0.5, 0.6) is 0 Å². The Labute approximate surface area is 99.9 Å². The van der Waals surface area contributed by atoms with Crippen LogP contribution in [0.15, 0.2) is 17.8 Å². The number of hydrogen-bond donors (Lipinski definition) is 2. The van der Waals surface area contributed by atoms with Gasteiger partial charge in [-0.1, -0.05) is 11.6 Å². The third-order valence-corrected chi connectivity index (χ3v) is 1.90. The van der Waals surface area contributed by atoms with E-state index in [0.29, 0.717) is 17.9 Å². The van der Waals surface area contributed by atoms with Crippen LogP contribution in [0.25, 0.3) is 6.08 Å². The Morgan fingerprint density at radius 3 is 2.59 bits per heavy atom. The summed E-state index contributed by atoms with van der Waals surface area (Å²) in [7, 11) is 0. The molecule has 0 aliphatic heterocycles. The molecule has 2 N–H and O–H groups in total. The number of nitrogens with one attached hydrogen (secondary N) is 2. The topological polar surface area (TPSA) is 71.1 Å². The van der Waals surface area contributed by atoms with Gasteiger partial charge in [-0.3, -0.25) is 9.59 Å². The second-order valence-electron chi connectivity index (χ2n) is 3.82. The van der Waals surface area contributed by atoms with Crippen molar-refractivity contribution in [1.82, 2.24) is 4.98 Å². The normalized spacial score (nSPS) is 9.35. The van der Waals surface area contributed by atoms with Crippen molar-refractivity contribution in [3.8, 4) is 0 Å². The number of anilines is 2. The van der Waals surface area contributed by atoms with Gasteiger partial charge in [-0.15, -0.1) is 0 Å². The first kappa shape index (κ1) is 12.9. The Bertz CT molecular complexity index is 463. The molecule has 0 saturated carbocycles. The summed E-state index contributed by atoms with van der Waals surface area (Å²) in [5, 5.41) is 5.14. The largest absolute Gasteiger partial charge is 0.328 e. The first-order chi connectivity index (χ1) is 8.02. The predicted octanol–water partition coefficient (Wildman–Crippen LogP) is 2.03. The van der Waals surface area contributed by atoms with Crippen molar-refractivity contribution in [1.29, 1.82) is 0 Å². The highest BCUT2D eigenvalue weighted by Gasteiger charge is 2.04. The molecule has 90 valence electrons. The molecule has 5 nitrogen and oxygen atoms in total. The number of hydrogen-bond acceptors (Lipinski definition) is 3. The van der Waals surface area contributed by atoms with Crippen molar-refractivity contribution < 1.29 is 9.59 Å². The Morgan fingerprint density at radius 2 is 2.06 bits per heavy atom. The van der Waals surface area contributed by atoms with Gasteiger partial charge in [0, 0.05) is 24.8 Å². The average Bonchev–Trinajstić information content (AvgIpc) is 2.21. The van der Waals surface area contributed by atoms with E-state index in [1.807, 2.05) is 19.9 Å². The van der Waals surface area contributed by atoms with Crippen LogP contribution in [0, 0.1) is 0 Å². The molecule has 17 heavy (non-hydrogen) atoms. The molecule has 1 aromatic rings. The number of nitrogens with zero attached hydrogens (tertiary/aromatic N) is 1. The van der Waals surface area contributed by atoms with Crippen molar-refractivity contribution in [3.05, 3.63) is 23.4 Å². The van der Waals surface area contributed by atoms with E-state index in [0.717, 1.165) is 11.1 Å². The highest BCUT2D eigenvalue weighted by Crippen LogP contribution is 2.20. The zero-order valence-electron chi connectivity index (χ0n) is 10.1. The second-order valence-corrected chi connectivity index (χ2v) is 3.82. The van der Waals surface area contributed by atoms with Gasteiger partial charge in [0.25, 0.3) is 0 Å². The number of rotatable bonds is 4. The molecule has 0 spiro atoms. The molecule has 0 saturated heterocycles. The maximum atomic E-state index is 10.9. The van der Waals surface area contributed by atoms with Gasteiger partial charge in [0.1, 0.15) is 5.82 Å². The molecule has 5 heteroatoms. The molecule has 0 fully saturated rings. The molecule has 0 aliphatic rings. The second kappa shape index (κ2) is 5.79. The van der Waals surface area contributed by atoms with Crippen LogP contribution in [-0.2, 0) is 9.59 Å². The minimum atomic E-state index is -0.204. The van der Waals surface area contributed by atoms with Crippen LogP contribution in [0.2, 0.25) is 0 Å². The van der Waals surface area contributed by atoms with Crippen molar-refractivity contribution in [2.24, 2.45) is 0 Å². The van der Waals surface area contributed by atoms with Gasteiger partial charge in [-0.25, -0.2) is 4.98 Å². The fourth-order valence-corrected chi connectivity index (χ4v) is 1.33. The maximum absolute atomic E-state index is 10.9. The zero-order valence-corrected chi connectivity index (χ0v) is 10.1. The zero-order chi connectivity index (χ0) is 12.8. The number of amides is 2. The minimum absolute atomic E-state index is 0.204. The third kappa shape index (κ3) is 4.06. The molecule has 0 atom stereocenters. The van der Waals surface area contributed by atoms with E-state index in [9.17, 15) is 9.59 Å². The lowest BCUT2D eigenvalue weighted by Crippen LogP contribution is -2.08. The Morgan fingerprint density at radius 1 is 1.35 bits per heavy atom. The smallest absolute Gasteiger partial charge is 0.222 e. The van der Waals surface area contributed by atoms with Crippen molar-refractivity contribution in [3.63, 3.8) is 0 Å². The maximum Gasteiger partial charge on any atom is 0.222 e. The predicted molar refractivity (Wildman–Crippen MR) is 67.6 cm³/mol. The van der Waals surface area contributed by atoms with Crippen LogP contribution in [-0.4, -0.2) is 17.3 Å². The van der Waals surface area contributed by atoms with Gasteiger partial charge in [-0.05, 0) is 13.8 Å². The van der Waals surface area contributed by atoms with Gasteiger partial charge in [0.05, 0.1) is 5.69 Å². The molecule has 0 unspecified atom stereocenters. The summed E-state index contributed by atoms with van der Waals surface area (Å²) in [6, 6.07) is 1.62. The monoisotopic (exact) mass is 233 g/mol. The van der Waals surface area contributed by atoms with E-state index in [1.54, 1.807) is 12.3 Å². The summed E-state index contributed by atoms with van der Waals surface area (Å²) in [5.74, 6) is 0.206. The quantitative estimate of drug-likeness (QED) is 0.782. The van der Waals surface area contributed by atoms with Gasteiger partial charge in [0.2, 0.25) is 12.3 Å². The molecule has 0 bridgehead atoms. The average molecular weight is 233 g/mol. The summed E-state index contributed by atoms with van der Waals surface area (Å²) >= 11 is 0. The van der Waals surface area contributed by atoms with Gasteiger partial charge in [-0.2, -0.15) is 0 Å². The van der Waals surface area contributed by atoms with Crippen LogP contribution in [0.1, 0.15) is 26.3 Å². The molecule has 0 aliphatic carbocycles. The fourth-order valence-electron chi connectivity index (χ4n) is 1.33. The number of allylic oxidation sites excluding steroid dienone is 1. The van der Waals surface area contributed by atoms with Crippen LogP contribution in [0.3, 0.4) is 0 Å². The first-order valence-electron chi connectivity index (χ1n) is 5.15. The van der Waals surface area contributed by atoms with Crippen molar-refractivity contribution in [2.45, 2.75) is 20.8 Å². The Hall–Kier alpha value is -2.17. The Kier molecular flexibility index (Phi) is 4.39. The summed E-state index contributed by atoms with van der Waals surface area (Å²) in [6.45, 7) is 5.30. The standard InChI is InChI=1S/C12H15N3O2/c1-8(2)4-10-6-13-12(15-9(3)17)5-11(10)14-7-16/h4-7H,1-3H3,(H2,13,14,15,16,17). The van der Waals surface area contributed by atoms with E-state index in [1.165, 1.54) is 6.92 Å². The Balaban J connectivity index is 3.11. The summed E-state index contributed by atoms with van der Waals surface area (Å²) in [6.07, 6.45) is 4.09. The van der Waals surface area contributed by atoms with Crippen molar-refractivity contribution in [2.75, 3.05) is 10.6 Å². The summed E-state index contributed by atoms with van der Waals surface area (Å²) < 4.78 is 0. The summed E-state index contributed by atoms with van der Waals surface area (Å²) in [5.41, 5.74) is 2.50. The van der Waals surface area contributed by atoms with E-state index in [4.69, 9.17) is 0 Å². The molecule has 1 heterocycles. The molecular formula is C12H15N3O2. The summed E-state index contributed by atoms with van der Waals surface area (Å²) in [4.78, 5) is 25.5. The van der Waals surface area contributed by atoms with E-state index >= 15 is 0 Å². The third-order valence-electron chi connectivity index (χ3n) is 1.90. The lowest BCUT2D eigenvalue weighted by atomic mass is 10.1. The van der Waals surface area contributed by atoms with E-state index < -0.39 is 0 Å². The number of carbonyl (C=O) groups excluding carboxylic acids is 2. The van der Waals surface area contributed by atoms with Crippen LogP contribution < -0.4 is 10.6 Å². The highest BCUT2D eigenvalue weighted by molar-refractivity contribution is 5.89. The fraction of sp³-hybridized carbons (Fsp3) is 0.250. The van der Waals surface area contributed by atoms with E-state index in [2.05, 4.69) is 15.6 Å². The van der Waals surface area contributed by atoms with Crippen LogP contribution >= 0.6 is 0 Å². The van der Waals surface area contributed by atoms with Crippen LogP contribution in [0.4, 0.5) is 11.5 Å². The van der Waals surface area contributed by atoms with Crippen molar-refractivity contribution >= 4 is 29.9 Å². The molecule has 2 amide bonds. The minimum Gasteiger partial charge on any atom is -0.328 e. The molecule has 1 rings (SSSR count). The van der Waals surface area contributed by atoms with Gasteiger partial charge >= 0.3 is 0 Å². The lowest BCUT2D eigenvalue weighted by Gasteiger charge is -2.08. The van der Waals surface area contributed by atoms with Gasteiger partial charge < -0.3 is 10.6 Å². The molecule has 1 aromatic heterocycles.